The van der Waals surface area contributed by atoms with Crippen molar-refractivity contribution in [2.45, 2.75) is 24.8 Å². The van der Waals surface area contributed by atoms with Gasteiger partial charge in [-0.1, -0.05) is 39.7 Å². The molecule has 0 radical (unpaired) electrons. The van der Waals surface area contributed by atoms with Crippen molar-refractivity contribution in [1.29, 1.82) is 0 Å². The average molecular weight is 423 g/mol. The van der Waals surface area contributed by atoms with Crippen LogP contribution in [0.5, 0.6) is 5.75 Å². The Bertz CT molecular complexity index is 737. The van der Waals surface area contributed by atoms with E-state index < -0.39 is 12.0 Å². The van der Waals surface area contributed by atoms with Crippen LogP contribution in [0.3, 0.4) is 0 Å². The first kappa shape index (κ1) is 19.3. The van der Waals surface area contributed by atoms with Gasteiger partial charge in [0.05, 0.1) is 5.75 Å². The van der Waals surface area contributed by atoms with E-state index in [1.165, 1.54) is 17.3 Å². The van der Waals surface area contributed by atoms with Gasteiger partial charge in [0.25, 0.3) is 5.91 Å². The third-order valence-corrected chi connectivity index (χ3v) is 4.70. The molecule has 0 bridgehead atoms. The maximum absolute atomic E-state index is 12.0. The molecule has 0 saturated heterocycles. The number of halogens is 1. The lowest BCUT2D eigenvalue weighted by Gasteiger charge is -2.15. The van der Waals surface area contributed by atoms with Crippen molar-refractivity contribution in [2.75, 3.05) is 5.75 Å². The first-order chi connectivity index (χ1) is 11.9. The normalized spacial score (nSPS) is 11.5. The minimum absolute atomic E-state index is 0.213. The molecule has 25 heavy (non-hydrogen) atoms. The number of hydrogen-bond donors (Lipinski definition) is 2. The van der Waals surface area contributed by atoms with Crippen LogP contribution in [-0.2, 0) is 9.59 Å². The maximum atomic E-state index is 12.0. The first-order valence-corrected chi connectivity index (χ1v) is 9.42. The molecular weight excluding hydrogens is 404 g/mol. The molecular formula is C18H19BrN2O3S. The minimum atomic E-state index is -0.737. The van der Waals surface area contributed by atoms with E-state index in [0.29, 0.717) is 5.75 Å². The number of rotatable bonds is 6. The van der Waals surface area contributed by atoms with E-state index in [1.807, 2.05) is 43.3 Å². The molecule has 0 aromatic heterocycles. The van der Waals surface area contributed by atoms with Crippen molar-refractivity contribution in [3.05, 3.63) is 58.6 Å². The summed E-state index contributed by atoms with van der Waals surface area (Å²) in [5, 5.41) is 0. The summed E-state index contributed by atoms with van der Waals surface area (Å²) in [4.78, 5) is 24.8. The lowest BCUT2D eigenvalue weighted by Crippen LogP contribution is -2.47. The molecule has 2 N–H and O–H groups in total. The van der Waals surface area contributed by atoms with E-state index in [9.17, 15) is 9.59 Å². The summed E-state index contributed by atoms with van der Waals surface area (Å²) in [5.74, 6) is 0.0741. The Kier molecular flexibility index (Phi) is 7.33. The summed E-state index contributed by atoms with van der Waals surface area (Å²) in [5.41, 5.74) is 5.93. The van der Waals surface area contributed by atoms with E-state index in [2.05, 4.69) is 26.8 Å². The highest BCUT2D eigenvalue weighted by molar-refractivity contribution is 9.10. The molecule has 2 rings (SSSR count). The summed E-state index contributed by atoms with van der Waals surface area (Å²) in [7, 11) is 0. The zero-order valence-electron chi connectivity index (χ0n) is 13.9. The van der Waals surface area contributed by atoms with Crippen LogP contribution in [0.4, 0.5) is 0 Å². The summed E-state index contributed by atoms with van der Waals surface area (Å²) in [6, 6.07) is 15.1. The van der Waals surface area contributed by atoms with Crippen molar-refractivity contribution < 1.29 is 14.3 Å². The highest BCUT2D eigenvalue weighted by Gasteiger charge is 2.15. The lowest BCUT2D eigenvalue weighted by molar-refractivity contribution is -0.131. The van der Waals surface area contributed by atoms with Gasteiger partial charge in [0, 0.05) is 9.37 Å². The SMILES string of the molecule is Cc1ccc(SCC(=O)NNC(=O)C(C)Oc2cccc(Br)c2)cc1. The first-order valence-electron chi connectivity index (χ1n) is 7.64. The van der Waals surface area contributed by atoms with Gasteiger partial charge in [-0.25, -0.2) is 0 Å². The molecule has 0 saturated carbocycles. The van der Waals surface area contributed by atoms with Crippen LogP contribution in [0, 0.1) is 6.92 Å². The predicted octanol–water partition coefficient (Wildman–Crippen LogP) is 3.46. The molecule has 0 spiro atoms. The lowest BCUT2D eigenvalue weighted by atomic mass is 10.2. The number of nitrogens with one attached hydrogen (secondary N) is 2. The maximum Gasteiger partial charge on any atom is 0.279 e. The van der Waals surface area contributed by atoms with Crippen LogP contribution in [0.2, 0.25) is 0 Å². The highest BCUT2D eigenvalue weighted by atomic mass is 79.9. The number of hydrazine groups is 1. The molecule has 1 unspecified atom stereocenters. The molecule has 0 aliphatic heterocycles. The number of amides is 2. The Morgan fingerprint density at radius 3 is 2.56 bits per heavy atom. The Hall–Kier alpha value is -1.99. The Morgan fingerprint density at radius 1 is 1.16 bits per heavy atom. The third-order valence-electron chi connectivity index (χ3n) is 3.19. The number of thioether (sulfide) groups is 1. The second kappa shape index (κ2) is 9.48. The van der Waals surface area contributed by atoms with E-state index in [-0.39, 0.29) is 11.7 Å². The quantitative estimate of drug-likeness (QED) is 0.552. The third kappa shape index (κ3) is 6.80. The van der Waals surface area contributed by atoms with Crippen molar-refractivity contribution in [3.63, 3.8) is 0 Å². The molecule has 0 heterocycles. The Balaban J connectivity index is 1.72. The van der Waals surface area contributed by atoms with Crippen LogP contribution in [0.25, 0.3) is 0 Å². The van der Waals surface area contributed by atoms with E-state index >= 15 is 0 Å². The average Bonchev–Trinajstić information content (AvgIpc) is 2.59. The van der Waals surface area contributed by atoms with Gasteiger partial charge in [-0.2, -0.15) is 0 Å². The van der Waals surface area contributed by atoms with Gasteiger partial charge in [-0.05, 0) is 44.2 Å². The van der Waals surface area contributed by atoms with E-state index in [4.69, 9.17) is 4.74 Å². The predicted molar refractivity (Wildman–Crippen MR) is 102 cm³/mol. The number of hydrogen-bond acceptors (Lipinski definition) is 4. The number of carbonyl (C=O) groups excluding carboxylic acids is 2. The molecule has 0 aliphatic carbocycles. The van der Waals surface area contributed by atoms with E-state index in [1.54, 1.807) is 19.1 Å². The number of carbonyl (C=O) groups is 2. The fraction of sp³-hybridized carbons (Fsp3) is 0.222. The molecule has 5 nitrogen and oxygen atoms in total. The molecule has 7 heteroatoms. The fourth-order valence-corrected chi connectivity index (χ4v) is 2.93. The second-order valence-corrected chi connectivity index (χ2v) is 7.32. The van der Waals surface area contributed by atoms with Crippen molar-refractivity contribution in [3.8, 4) is 5.75 Å². The molecule has 2 aromatic carbocycles. The monoisotopic (exact) mass is 422 g/mol. The standard InChI is InChI=1S/C18H19BrN2O3S/c1-12-6-8-16(9-7-12)25-11-17(22)20-21-18(23)13(2)24-15-5-3-4-14(19)10-15/h3-10,13H,11H2,1-2H3,(H,20,22)(H,21,23). The minimum Gasteiger partial charge on any atom is -0.481 e. The zero-order valence-corrected chi connectivity index (χ0v) is 16.3. The zero-order chi connectivity index (χ0) is 18.2. The van der Waals surface area contributed by atoms with Crippen LogP contribution in [0.1, 0.15) is 12.5 Å². The fourth-order valence-electron chi connectivity index (χ4n) is 1.85. The summed E-state index contributed by atoms with van der Waals surface area (Å²) in [6.07, 6.45) is -0.737. The van der Waals surface area contributed by atoms with Crippen LogP contribution < -0.4 is 15.6 Å². The van der Waals surface area contributed by atoms with E-state index in [0.717, 1.165) is 9.37 Å². The summed E-state index contributed by atoms with van der Waals surface area (Å²) >= 11 is 4.74. The molecule has 2 aromatic rings. The van der Waals surface area contributed by atoms with Gasteiger partial charge >= 0.3 is 0 Å². The van der Waals surface area contributed by atoms with Crippen LogP contribution in [0.15, 0.2) is 57.9 Å². The topological polar surface area (TPSA) is 67.4 Å². The van der Waals surface area contributed by atoms with Gasteiger partial charge in [0.15, 0.2) is 6.10 Å². The van der Waals surface area contributed by atoms with Gasteiger partial charge in [-0.15, -0.1) is 11.8 Å². The molecule has 2 amide bonds. The van der Waals surface area contributed by atoms with Gasteiger partial charge < -0.3 is 4.74 Å². The molecule has 1 atom stereocenters. The summed E-state index contributed by atoms with van der Waals surface area (Å²) < 4.78 is 6.39. The Labute approximate surface area is 159 Å². The molecule has 0 fully saturated rings. The number of aryl methyl sites for hydroxylation is 1. The molecule has 132 valence electrons. The van der Waals surface area contributed by atoms with Gasteiger partial charge in [0.1, 0.15) is 5.75 Å². The molecule has 0 aliphatic rings. The van der Waals surface area contributed by atoms with Crippen LogP contribution in [-0.4, -0.2) is 23.7 Å². The van der Waals surface area contributed by atoms with Crippen LogP contribution >= 0.6 is 27.7 Å². The second-order valence-electron chi connectivity index (χ2n) is 5.36. The van der Waals surface area contributed by atoms with Crippen molar-refractivity contribution in [1.82, 2.24) is 10.9 Å². The smallest absolute Gasteiger partial charge is 0.279 e. The van der Waals surface area contributed by atoms with Crippen molar-refractivity contribution in [2.24, 2.45) is 0 Å². The summed E-state index contributed by atoms with van der Waals surface area (Å²) in [6.45, 7) is 3.62. The number of benzene rings is 2. The van der Waals surface area contributed by atoms with Crippen molar-refractivity contribution >= 4 is 39.5 Å². The number of ether oxygens (including phenoxy) is 1. The highest BCUT2D eigenvalue weighted by Crippen LogP contribution is 2.19. The van der Waals surface area contributed by atoms with Gasteiger partial charge in [-0.3, -0.25) is 20.4 Å². The Morgan fingerprint density at radius 2 is 1.88 bits per heavy atom. The largest absolute Gasteiger partial charge is 0.481 e. The van der Waals surface area contributed by atoms with Gasteiger partial charge in [0.2, 0.25) is 5.91 Å².